The molecule has 8 atom stereocenters. The molecule has 1 aliphatic rings. The molecule has 0 spiro atoms. The fourth-order valence-corrected chi connectivity index (χ4v) is 9.27. The number of hydrogen-bond acceptors (Lipinski definition) is 10. The number of para-hydroxylation sites is 1. The van der Waals surface area contributed by atoms with Gasteiger partial charge < -0.3 is 40.2 Å². The van der Waals surface area contributed by atoms with Crippen LogP contribution in [0.15, 0.2) is 30.5 Å². The van der Waals surface area contributed by atoms with Crippen LogP contribution in [-0.4, -0.2) is 131 Å². The maximum Gasteiger partial charge on any atom is 0.332 e. The van der Waals surface area contributed by atoms with Gasteiger partial charge in [-0.3, -0.25) is 28.8 Å². The summed E-state index contributed by atoms with van der Waals surface area (Å²) in [6.45, 7) is 18.7. The first kappa shape index (κ1) is 59.6. The summed E-state index contributed by atoms with van der Waals surface area (Å²) >= 11 is 0. The second-order valence-corrected chi connectivity index (χ2v) is 21.3. The predicted octanol–water partition coefficient (Wildman–Crippen LogP) is 6.34. The fourth-order valence-electron chi connectivity index (χ4n) is 9.27. The minimum Gasteiger partial charge on any atom is -0.450 e. The number of unbranched alkanes of at least 4 members (excludes halogenated alkanes) is 2. The van der Waals surface area contributed by atoms with E-state index >= 15 is 9.59 Å². The van der Waals surface area contributed by atoms with Crippen molar-refractivity contribution in [2.75, 3.05) is 28.3 Å². The number of carbonyl (C=O) groups excluding carboxylic acids is 7. The van der Waals surface area contributed by atoms with Crippen molar-refractivity contribution in [3.63, 3.8) is 0 Å². The molecule has 0 saturated carbocycles. The van der Waals surface area contributed by atoms with Gasteiger partial charge in [0.15, 0.2) is 6.10 Å². The van der Waals surface area contributed by atoms with Gasteiger partial charge in [0.25, 0.3) is 5.91 Å². The Bertz CT molecular complexity index is 2160. The van der Waals surface area contributed by atoms with Crippen LogP contribution >= 0.6 is 0 Å². The van der Waals surface area contributed by atoms with Gasteiger partial charge in [-0.25, -0.2) is 4.79 Å². The van der Waals surface area contributed by atoms with Gasteiger partial charge in [0.05, 0.1) is 11.6 Å². The number of aromatic nitrogens is 1. The van der Waals surface area contributed by atoms with E-state index in [0.29, 0.717) is 5.56 Å². The van der Waals surface area contributed by atoms with Crippen molar-refractivity contribution >= 4 is 52.3 Å². The Morgan fingerprint density at radius 1 is 0.704 bits per heavy atom. The Morgan fingerprint density at radius 3 is 1.72 bits per heavy atom. The van der Waals surface area contributed by atoms with Crippen molar-refractivity contribution in [3.05, 3.63) is 36.0 Å². The first-order valence-electron chi connectivity index (χ1n) is 25.9. The quantitative estimate of drug-likeness (QED) is 0.133. The molecule has 17 nitrogen and oxygen atoms in total. The van der Waals surface area contributed by atoms with Gasteiger partial charge in [-0.05, 0) is 74.8 Å². The number of cyclic esters (lactones) is 1. The molecule has 0 bridgehead atoms. The second kappa shape index (κ2) is 27.8. The highest BCUT2D eigenvalue weighted by molar-refractivity contribution is 5.98. The van der Waals surface area contributed by atoms with Gasteiger partial charge in [0.1, 0.15) is 42.9 Å². The summed E-state index contributed by atoms with van der Waals surface area (Å²) in [5, 5.41) is 19.3. The molecule has 1 aliphatic heterocycles. The van der Waals surface area contributed by atoms with Crippen LogP contribution in [-0.2, 0) is 44.7 Å². The zero-order valence-corrected chi connectivity index (χ0v) is 45.3. The number of amides is 6. The number of fused-ring (bicyclic) bond motifs is 1. The third kappa shape index (κ3) is 16.4. The van der Waals surface area contributed by atoms with Gasteiger partial charge in [0, 0.05) is 52.0 Å². The summed E-state index contributed by atoms with van der Waals surface area (Å²) < 4.78 is 7.51. The highest BCUT2D eigenvalue weighted by Crippen LogP contribution is 2.27. The van der Waals surface area contributed by atoms with Gasteiger partial charge in [-0.15, -0.1) is 0 Å². The van der Waals surface area contributed by atoms with Crippen LogP contribution in [0.3, 0.4) is 0 Å². The van der Waals surface area contributed by atoms with Crippen LogP contribution < -0.4 is 20.8 Å². The van der Waals surface area contributed by atoms with E-state index < -0.39 is 83.3 Å². The monoisotopic (exact) mass is 991 g/mol. The average Bonchev–Trinajstić information content (AvgIpc) is 3.69. The Labute approximate surface area is 423 Å². The lowest BCUT2D eigenvalue weighted by molar-refractivity contribution is -0.169. The van der Waals surface area contributed by atoms with Gasteiger partial charge in [-0.1, -0.05) is 112 Å². The maximum atomic E-state index is 15.2. The number of rotatable bonds is 19. The van der Waals surface area contributed by atoms with Crippen molar-refractivity contribution < 1.29 is 43.1 Å². The molecule has 0 radical (unpaired) electrons. The normalized spacial score (nSPS) is 23.5. The smallest absolute Gasteiger partial charge is 0.332 e. The number of hydrogen-bond donors (Lipinski definition) is 3. The topological polar surface area (TPSA) is 212 Å². The van der Waals surface area contributed by atoms with Crippen LogP contribution in [0, 0.1) is 35.0 Å². The Hall–Kier alpha value is -5.66. The highest BCUT2D eigenvalue weighted by atomic mass is 16.6. The molecule has 6 amide bonds. The van der Waals surface area contributed by atoms with E-state index in [-0.39, 0.29) is 68.6 Å². The summed E-state index contributed by atoms with van der Waals surface area (Å²) in [6, 6.07) is 3.72. The molecule has 17 heteroatoms. The number of likely N-dealkylation sites (N-methyl/N-ethyl adjacent to an activating group) is 3. The second-order valence-electron chi connectivity index (χ2n) is 21.3. The number of nitriles is 1. The van der Waals surface area contributed by atoms with Crippen molar-refractivity contribution in [3.8, 4) is 6.07 Å². The molecule has 396 valence electrons. The molecule has 2 heterocycles. The van der Waals surface area contributed by atoms with Crippen LogP contribution in [0.5, 0.6) is 0 Å². The van der Waals surface area contributed by atoms with E-state index in [0.717, 1.165) is 49.4 Å². The Morgan fingerprint density at radius 2 is 1.20 bits per heavy atom. The summed E-state index contributed by atoms with van der Waals surface area (Å²) in [5.74, 6) is -4.97. The third-order valence-corrected chi connectivity index (χ3v) is 14.0. The number of carbonyl (C=O) groups is 7. The number of benzene rings is 1. The molecule has 1 fully saturated rings. The van der Waals surface area contributed by atoms with Crippen LogP contribution in [0.4, 0.5) is 0 Å². The molecule has 1 unspecified atom stereocenters. The van der Waals surface area contributed by atoms with E-state index in [1.807, 2.05) is 71.9 Å². The zero-order valence-electron chi connectivity index (χ0n) is 45.3. The third-order valence-electron chi connectivity index (χ3n) is 14.0. The first-order valence-corrected chi connectivity index (χ1v) is 25.9. The molecule has 1 aromatic carbocycles. The molecular weight excluding hydrogens is 905 g/mol. The largest absolute Gasteiger partial charge is 0.450 e. The van der Waals surface area contributed by atoms with Crippen molar-refractivity contribution in [1.29, 1.82) is 5.26 Å². The summed E-state index contributed by atoms with van der Waals surface area (Å²) in [5.41, 5.74) is -0.295. The molecule has 1 saturated heterocycles. The number of nitrogens with one attached hydrogen (secondary N) is 3. The van der Waals surface area contributed by atoms with E-state index in [1.165, 1.54) is 56.8 Å². The predicted molar refractivity (Wildman–Crippen MR) is 274 cm³/mol. The Balaban J connectivity index is 2.36. The van der Waals surface area contributed by atoms with Gasteiger partial charge >= 0.3 is 5.97 Å². The SMILES string of the molecule is CCCC[C@@H](C)C[C@@H]1NC(=O)C(CCC#N)OC(=O)C(C)(C)N(C)C(=O)[C@H](C[C@H](C)CCCC)NC(=O)[C@H](Cc2cn(OC)c3ccccc23)N(C)C(=O)[C@H](CC(C)C)NC(=O)[C@H](CC(C)C)N(C)C1=O. The number of esters is 1. The number of nitrogens with zero attached hydrogens (tertiary/aromatic N) is 5. The van der Waals surface area contributed by atoms with Crippen LogP contribution in [0.2, 0.25) is 0 Å². The lowest BCUT2D eigenvalue weighted by Crippen LogP contribution is -2.61. The molecule has 3 rings (SSSR count). The molecule has 1 aromatic heterocycles. The van der Waals surface area contributed by atoms with Gasteiger partial charge in [-0.2, -0.15) is 9.99 Å². The molecule has 71 heavy (non-hydrogen) atoms. The average molecular weight is 991 g/mol. The molecule has 3 N–H and O–H groups in total. The molecule has 0 aliphatic carbocycles. The Kier molecular flexibility index (Phi) is 23.4. The minimum absolute atomic E-state index is 0.0103. The first-order chi connectivity index (χ1) is 33.4. The van der Waals surface area contributed by atoms with Crippen LogP contribution in [0.25, 0.3) is 10.9 Å². The number of ether oxygens (including phenoxy) is 1. The maximum absolute atomic E-state index is 15.2. The summed E-state index contributed by atoms with van der Waals surface area (Å²) in [7, 11) is 5.97. The summed E-state index contributed by atoms with van der Waals surface area (Å²) in [4.78, 5) is 113. The highest BCUT2D eigenvalue weighted by Gasteiger charge is 2.44. The fraction of sp³-hybridized carbons (Fsp3) is 0.704. The lowest BCUT2D eigenvalue weighted by Gasteiger charge is -2.38. The van der Waals surface area contributed by atoms with Gasteiger partial charge in [0.2, 0.25) is 29.5 Å². The van der Waals surface area contributed by atoms with E-state index in [2.05, 4.69) is 29.8 Å². The standard InChI is InChI=1S/C54H86N8O9/c1-15-17-22-36(7)30-41-51(67)59(11)44(29-35(5)6)47(63)56-40(28-34(3)4)50(66)60(12)45(32-38-33-62(70-14)43-25-20-19-24-39(38)43)48(64)57-42(31-37(8)23-18-16-2)52(68)61(13)54(9,10)53(69)71-46(26-21-27-55)49(65)58-41/h19-20,24-25,33-37,40-42,44-46H,15-18,21-23,26,28-32H2,1-14H3,(H,56,63)(H,57,64)(H,58,65)/t36-,37-,40+,41+,42+,44+,45+,46?/m1/s1. The minimum atomic E-state index is -1.71. The van der Waals surface area contributed by atoms with E-state index in [1.54, 1.807) is 10.9 Å². The summed E-state index contributed by atoms with van der Waals surface area (Å²) in [6.07, 6.45) is 5.77. The van der Waals surface area contributed by atoms with Crippen LogP contribution in [0.1, 0.15) is 152 Å². The van der Waals surface area contributed by atoms with Crippen molar-refractivity contribution in [1.82, 2.24) is 35.4 Å². The van der Waals surface area contributed by atoms with Crippen molar-refractivity contribution in [2.24, 2.45) is 23.7 Å². The molecular formula is C54H86N8O9. The lowest BCUT2D eigenvalue weighted by atomic mass is 9.93. The molecule has 2 aromatic rings. The zero-order chi connectivity index (χ0) is 53.3. The van der Waals surface area contributed by atoms with E-state index in [4.69, 9.17) is 9.57 Å². The van der Waals surface area contributed by atoms with E-state index in [9.17, 15) is 29.2 Å². The van der Waals surface area contributed by atoms with Crippen molar-refractivity contribution in [2.45, 2.75) is 195 Å².